The highest BCUT2D eigenvalue weighted by Crippen LogP contribution is 2.25. The molecule has 7 heteroatoms. The lowest BCUT2D eigenvalue weighted by Gasteiger charge is -2.19. The van der Waals surface area contributed by atoms with Crippen LogP contribution in [0.5, 0.6) is 5.75 Å². The number of halogens is 2. The monoisotopic (exact) mass is 361 g/mol. The van der Waals surface area contributed by atoms with Crippen LogP contribution in [0.2, 0.25) is 0 Å². The van der Waals surface area contributed by atoms with E-state index in [1.807, 2.05) is 0 Å². The van der Waals surface area contributed by atoms with Gasteiger partial charge in [0.25, 0.3) is 5.91 Å². The third-order valence-electron chi connectivity index (χ3n) is 2.69. The number of nitrogens with one attached hydrogen (secondary N) is 1. The third kappa shape index (κ3) is 5.34. The summed E-state index contributed by atoms with van der Waals surface area (Å²) in [6, 6.07) is 3.14. The molecular formula is C14H17BrFNO4. The van der Waals surface area contributed by atoms with Crippen LogP contribution in [0.25, 0.3) is 0 Å². The predicted octanol–water partition coefficient (Wildman–Crippen LogP) is 2.28. The minimum Gasteiger partial charge on any atom is -0.483 e. The summed E-state index contributed by atoms with van der Waals surface area (Å²) in [5.74, 6) is -1.16. The average molecular weight is 362 g/mol. The molecule has 1 aromatic carbocycles. The molecule has 0 aromatic heterocycles. The van der Waals surface area contributed by atoms with Crippen molar-refractivity contribution < 1.29 is 23.5 Å². The van der Waals surface area contributed by atoms with Gasteiger partial charge in [0.15, 0.2) is 6.61 Å². The van der Waals surface area contributed by atoms with Crippen molar-refractivity contribution in [3.63, 3.8) is 0 Å². The smallest absolute Gasteiger partial charge is 0.328 e. The Hall–Kier alpha value is -1.63. The zero-order valence-corrected chi connectivity index (χ0v) is 13.6. The topological polar surface area (TPSA) is 64.6 Å². The summed E-state index contributed by atoms with van der Waals surface area (Å²) in [6.45, 7) is 3.29. The number of carbonyl (C=O) groups is 2. The van der Waals surface area contributed by atoms with Crippen molar-refractivity contribution in [2.45, 2.75) is 19.9 Å². The van der Waals surface area contributed by atoms with E-state index >= 15 is 0 Å². The fraction of sp³-hybridized carbons (Fsp3) is 0.429. The number of benzene rings is 1. The van der Waals surface area contributed by atoms with Crippen molar-refractivity contribution in [3.05, 3.63) is 28.5 Å². The predicted molar refractivity (Wildman–Crippen MR) is 78.4 cm³/mol. The summed E-state index contributed by atoms with van der Waals surface area (Å²) >= 11 is 3.13. The summed E-state index contributed by atoms with van der Waals surface area (Å²) < 4.78 is 23.2. The van der Waals surface area contributed by atoms with Crippen LogP contribution in [-0.4, -0.2) is 31.6 Å². The highest BCUT2D eigenvalue weighted by Gasteiger charge is 2.25. The molecule has 0 aliphatic carbocycles. The van der Waals surface area contributed by atoms with E-state index in [4.69, 9.17) is 4.74 Å². The fourth-order valence-electron chi connectivity index (χ4n) is 1.58. The van der Waals surface area contributed by atoms with Crippen LogP contribution in [0.15, 0.2) is 22.7 Å². The number of rotatable bonds is 6. The maximum absolute atomic E-state index is 12.9. The highest BCUT2D eigenvalue weighted by atomic mass is 79.9. The zero-order chi connectivity index (χ0) is 16.0. The average Bonchev–Trinajstić information content (AvgIpc) is 2.42. The second-order valence-electron chi connectivity index (χ2n) is 4.68. The highest BCUT2D eigenvalue weighted by molar-refractivity contribution is 9.10. The summed E-state index contributed by atoms with van der Waals surface area (Å²) in [7, 11) is 1.26. The summed E-state index contributed by atoms with van der Waals surface area (Å²) in [5, 5.41) is 2.54. The first kappa shape index (κ1) is 17.4. The van der Waals surface area contributed by atoms with Gasteiger partial charge in [0.1, 0.15) is 17.6 Å². The summed E-state index contributed by atoms with van der Waals surface area (Å²) in [5.41, 5.74) is 0. The molecule has 21 heavy (non-hydrogen) atoms. The maximum atomic E-state index is 12.9. The molecule has 116 valence electrons. The van der Waals surface area contributed by atoms with E-state index in [1.165, 1.54) is 25.3 Å². The van der Waals surface area contributed by atoms with Crippen molar-refractivity contribution in [1.82, 2.24) is 5.32 Å². The molecule has 0 saturated heterocycles. The molecule has 0 aliphatic heterocycles. The van der Waals surface area contributed by atoms with Crippen molar-refractivity contribution in [2.24, 2.45) is 5.92 Å². The molecule has 0 saturated carbocycles. The van der Waals surface area contributed by atoms with Gasteiger partial charge in [0.05, 0.1) is 11.6 Å². The van der Waals surface area contributed by atoms with E-state index in [2.05, 4.69) is 26.0 Å². The SMILES string of the molecule is COC(=O)C(NC(=O)COc1ccc(F)cc1Br)C(C)C. The van der Waals surface area contributed by atoms with Crippen molar-refractivity contribution >= 4 is 27.8 Å². The summed E-state index contributed by atoms with van der Waals surface area (Å²) in [6.07, 6.45) is 0. The van der Waals surface area contributed by atoms with E-state index in [0.717, 1.165) is 0 Å². The second-order valence-corrected chi connectivity index (χ2v) is 5.53. The molecule has 0 fully saturated rings. The molecular weight excluding hydrogens is 345 g/mol. The minimum atomic E-state index is -0.734. The number of carbonyl (C=O) groups excluding carboxylic acids is 2. The van der Waals surface area contributed by atoms with Gasteiger partial charge in [-0.2, -0.15) is 0 Å². The van der Waals surface area contributed by atoms with Gasteiger partial charge in [0.2, 0.25) is 0 Å². The Kier molecular flexibility index (Phi) is 6.61. The zero-order valence-electron chi connectivity index (χ0n) is 12.0. The van der Waals surface area contributed by atoms with Gasteiger partial charge in [0, 0.05) is 0 Å². The number of ether oxygens (including phenoxy) is 2. The molecule has 1 aromatic rings. The van der Waals surface area contributed by atoms with E-state index in [9.17, 15) is 14.0 Å². The van der Waals surface area contributed by atoms with E-state index in [-0.39, 0.29) is 12.5 Å². The molecule has 0 spiro atoms. The lowest BCUT2D eigenvalue weighted by Crippen LogP contribution is -2.46. The number of amides is 1. The Bertz CT molecular complexity index is 522. The minimum absolute atomic E-state index is 0.112. The number of hydrogen-bond donors (Lipinski definition) is 1. The normalized spacial score (nSPS) is 11.9. The first-order chi connectivity index (χ1) is 9.85. The van der Waals surface area contributed by atoms with E-state index in [0.29, 0.717) is 10.2 Å². The van der Waals surface area contributed by atoms with Gasteiger partial charge in [-0.15, -0.1) is 0 Å². The van der Waals surface area contributed by atoms with Crippen LogP contribution in [0.3, 0.4) is 0 Å². The molecule has 5 nitrogen and oxygen atoms in total. The molecule has 0 heterocycles. The molecule has 1 amide bonds. The van der Waals surface area contributed by atoms with Gasteiger partial charge in [-0.1, -0.05) is 13.8 Å². The molecule has 1 atom stereocenters. The Morgan fingerprint density at radius 1 is 1.38 bits per heavy atom. The Morgan fingerprint density at radius 2 is 2.05 bits per heavy atom. The molecule has 1 N–H and O–H groups in total. The first-order valence-electron chi connectivity index (χ1n) is 6.30. The largest absolute Gasteiger partial charge is 0.483 e. The second kappa shape index (κ2) is 7.97. The maximum Gasteiger partial charge on any atom is 0.328 e. The van der Waals surface area contributed by atoms with Crippen molar-refractivity contribution in [2.75, 3.05) is 13.7 Å². The van der Waals surface area contributed by atoms with Crippen LogP contribution in [0, 0.1) is 11.7 Å². The van der Waals surface area contributed by atoms with Gasteiger partial charge < -0.3 is 14.8 Å². The lowest BCUT2D eigenvalue weighted by atomic mass is 10.0. The fourth-order valence-corrected chi connectivity index (χ4v) is 2.04. The van der Waals surface area contributed by atoms with Crippen LogP contribution in [0.1, 0.15) is 13.8 Å². The van der Waals surface area contributed by atoms with Gasteiger partial charge >= 0.3 is 5.97 Å². The van der Waals surface area contributed by atoms with Crippen LogP contribution >= 0.6 is 15.9 Å². The standard InChI is InChI=1S/C14H17BrFNO4/c1-8(2)13(14(19)20-3)17-12(18)7-21-11-5-4-9(16)6-10(11)15/h4-6,8,13H,7H2,1-3H3,(H,17,18). The van der Waals surface area contributed by atoms with E-state index < -0.39 is 23.7 Å². The molecule has 1 unspecified atom stereocenters. The van der Waals surface area contributed by atoms with Crippen molar-refractivity contribution in [3.8, 4) is 5.75 Å². The number of methoxy groups -OCH3 is 1. The van der Waals surface area contributed by atoms with Gasteiger partial charge in [-0.25, -0.2) is 9.18 Å². The molecule has 0 aliphatic rings. The number of esters is 1. The number of hydrogen-bond acceptors (Lipinski definition) is 4. The Labute approximate surface area is 130 Å². The lowest BCUT2D eigenvalue weighted by molar-refractivity contribution is -0.146. The first-order valence-corrected chi connectivity index (χ1v) is 7.09. The quantitative estimate of drug-likeness (QED) is 0.789. The molecule has 0 bridgehead atoms. The summed E-state index contributed by atoms with van der Waals surface area (Å²) in [4.78, 5) is 23.3. The van der Waals surface area contributed by atoms with Gasteiger partial charge in [-0.05, 0) is 40.0 Å². The Morgan fingerprint density at radius 3 is 2.57 bits per heavy atom. The van der Waals surface area contributed by atoms with Crippen LogP contribution in [0.4, 0.5) is 4.39 Å². The van der Waals surface area contributed by atoms with E-state index in [1.54, 1.807) is 13.8 Å². The molecule has 1 rings (SSSR count). The van der Waals surface area contributed by atoms with Crippen LogP contribution < -0.4 is 10.1 Å². The van der Waals surface area contributed by atoms with Gasteiger partial charge in [-0.3, -0.25) is 4.79 Å². The van der Waals surface area contributed by atoms with Crippen LogP contribution in [-0.2, 0) is 14.3 Å². The Balaban J connectivity index is 2.58. The molecule has 0 radical (unpaired) electrons. The van der Waals surface area contributed by atoms with Crippen molar-refractivity contribution in [1.29, 1.82) is 0 Å². The third-order valence-corrected chi connectivity index (χ3v) is 3.31.